The summed E-state index contributed by atoms with van der Waals surface area (Å²) in [5, 5.41) is 0. The predicted molar refractivity (Wildman–Crippen MR) is 81.8 cm³/mol. The molecule has 0 unspecified atom stereocenters. The van der Waals surface area contributed by atoms with Gasteiger partial charge in [0.25, 0.3) is 0 Å². The van der Waals surface area contributed by atoms with Gasteiger partial charge in [0.2, 0.25) is 0 Å². The number of halogens is 2. The number of rotatable bonds is 0. The summed E-state index contributed by atoms with van der Waals surface area (Å²) >= 11 is -0.346. The van der Waals surface area contributed by atoms with E-state index in [-0.39, 0.29) is 15.1 Å². The molecule has 0 aromatic heterocycles. The summed E-state index contributed by atoms with van der Waals surface area (Å²) in [5.41, 5.74) is 5.57. The Bertz CT molecular complexity index is 262. The molecule has 0 aliphatic heterocycles. The molecular formula is C13H23Cl2PRu. The molecule has 0 heterocycles. The van der Waals surface area contributed by atoms with Gasteiger partial charge in [-0.1, -0.05) is 12.1 Å². The topological polar surface area (TPSA) is 0 Å². The van der Waals surface area contributed by atoms with Gasteiger partial charge < -0.3 is 0 Å². The van der Waals surface area contributed by atoms with Gasteiger partial charge in [-0.2, -0.15) is 0 Å². The molecule has 0 amide bonds. The van der Waals surface area contributed by atoms with Crippen LogP contribution in [0.1, 0.15) is 22.3 Å². The monoisotopic (exact) mass is 382 g/mol. The Morgan fingerprint density at radius 1 is 0.765 bits per heavy atom. The molecule has 0 atom stereocenters. The van der Waals surface area contributed by atoms with E-state index in [4.69, 9.17) is 19.4 Å². The van der Waals surface area contributed by atoms with Gasteiger partial charge in [-0.05, 0) is 69.9 Å². The third-order valence-electron chi connectivity index (χ3n) is 2.11. The molecular weight excluding hydrogens is 359 g/mol. The van der Waals surface area contributed by atoms with E-state index in [1.165, 1.54) is 22.3 Å². The number of aryl methyl sites for hydroxylation is 4. The first kappa shape index (κ1) is 20.2. The molecule has 0 aliphatic carbocycles. The van der Waals surface area contributed by atoms with Crippen LogP contribution in [0.3, 0.4) is 0 Å². The van der Waals surface area contributed by atoms with Gasteiger partial charge in [0.05, 0.1) is 0 Å². The Kier molecular flexibility index (Phi) is 14.1. The first-order valence-corrected chi connectivity index (χ1v) is 12.4. The van der Waals surface area contributed by atoms with E-state index >= 15 is 0 Å². The van der Waals surface area contributed by atoms with E-state index in [2.05, 4.69) is 59.8 Å². The molecule has 1 aromatic carbocycles. The van der Waals surface area contributed by atoms with Gasteiger partial charge in [0, 0.05) is 0 Å². The van der Waals surface area contributed by atoms with Crippen molar-refractivity contribution in [1.29, 1.82) is 0 Å². The van der Waals surface area contributed by atoms with E-state index in [0.29, 0.717) is 7.92 Å². The molecule has 0 bridgehead atoms. The van der Waals surface area contributed by atoms with Crippen molar-refractivity contribution in [3.8, 4) is 0 Å². The third-order valence-corrected chi connectivity index (χ3v) is 2.11. The average molecular weight is 382 g/mol. The quantitative estimate of drug-likeness (QED) is 0.402. The van der Waals surface area contributed by atoms with Crippen molar-refractivity contribution in [3.63, 3.8) is 0 Å². The van der Waals surface area contributed by atoms with Crippen molar-refractivity contribution in [2.75, 3.05) is 20.0 Å². The molecule has 4 heteroatoms. The zero-order chi connectivity index (χ0) is 14.0. The standard InChI is InChI=1S/C10H14.C3H9P.2ClH.Ru/c1-7-5-9(3)10(4)6-8(7)2;1-4(2)3;;;/h5-6H,1-4H3;1-3H3;2*1H;/q;;;;+2/p-2. The summed E-state index contributed by atoms with van der Waals surface area (Å²) in [5.74, 6) is 0. The number of benzene rings is 1. The number of hydrogen-bond acceptors (Lipinski definition) is 0. The Balaban J connectivity index is 0. The molecule has 17 heavy (non-hydrogen) atoms. The number of hydrogen-bond donors (Lipinski definition) is 0. The SMILES string of the molecule is CP(C)C.Cc1cc(C)c(C)cc1C.[Cl][Ru][Cl]. The molecule has 0 aliphatic rings. The average Bonchev–Trinajstić information content (AvgIpc) is 2.15. The molecule has 0 nitrogen and oxygen atoms in total. The molecule has 102 valence electrons. The Labute approximate surface area is 124 Å². The van der Waals surface area contributed by atoms with Gasteiger partial charge in [0.15, 0.2) is 0 Å². The van der Waals surface area contributed by atoms with Crippen molar-refractivity contribution >= 4 is 27.3 Å². The summed E-state index contributed by atoms with van der Waals surface area (Å²) in [6.07, 6.45) is 0. The van der Waals surface area contributed by atoms with Gasteiger partial charge in [-0.15, -0.1) is 7.92 Å². The van der Waals surface area contributed by atoms with Gasteiger partial charge >= 0.3 is 34.5 Å². The molecule has 1 aromatic rings. The first-order valence-electron chi connectivity index (χ1n) is 5.26. The van der Waals surface area contributed by atoms with E-state index in [0.717, 1.165) is 0 Å². The third kappa shape index (κ3) is 13.1. The Hall–Kier alpha value is 0.853. The van der Waals surface area contributed by atoms with Crippen LogP contribution < -0.4 is 0 Å². The molecule has 0 spiro atoms. The van der Waals surface area contributed by atoms with Crippen molar-refractivity contribution < 1.29 is 15.1 Å². The predicted octanol–water partition coefficient (Wildman–Crippen LogP) is 5.65. The maximum atomic E-state index is 4.85. The van der Waals surface area contributed by atoms with Gasteiger partial charge in [-0.3, -0.25) is 0 Å². The first-order chi connectivity index (χ1) is 7.76. The fourth-order valence-corrected chi connectivity index (χ4v) is 1.10. The fourth-order valence-electron chi connectivity index (χ4n) is 1.10. The second-order valence-corrected chi connectivity index (χ2v) is 9.73. The molecule has 0 fully saturated rings. The summed E-state index contributed by atoms with van der Waals surface area (Å²) < 4.78 is 0. The van der Waals surface area contributed by atoms with Crippen LogP contribution in [0, 0.1) is 27.7 Å². The Morgan fingerprint density at radius 2 is 0.882 bits per heavy atom. The normalized spacial score (nSPS) is 9.29. The van der Waals surface area contributed by atoms with Crippen LogP contribution in [-0.4, -0.2) is 20.0 Å². The van der Waals surface area contributed by atoms with Crippen LogP contribution in [0.5, 0.6) is 0 Å². The second kappa shape index (κ2) is 11.9. The van der Waals surface area contributed by atoms with E-state index in [1.807, 2.05) is 0 Å². The zero-order valence-electron chi connectivity index (χ0n) is 11.7. The summed E-state index contributed by atoms with van der Waals surface area (Å²) in [6.45, 7) is 15.3. The van der Waals surface area contributed by atoms with Crippen molar-refractivity contribution in [3.05, 3.63) is 34.4 Å². The minimum atomic E-state index is -0.346. The van der Waals surface area contributed by atoms with Crippen LogP contribution in [-0.2, 0) is 15.1 Å². The van der Waals surface area contributed by atoms with E-state index in [1.54, 1.807) is 0 Å². The molecule has 0 saturated carbocycles. The Morgan fingerprint density at radius 3 is 1.00 bits per heavy atom. The van der Waals surface area contributed by atoms with E-state index < -0.39 is 0 Å². The van der Waals surface area contributed by atoms with Gasteiger partial charge in [-0.25, -0.2) is 0 Å². The van der Waals surface area contributed by atoms with Crippen LogP contribution >= 0.6 is 27.3 Å². The van der Waals surface area contributed by atoms with Crippen LogP contribution in [0.4, 0.5) is 0 Å². The van der Waals surface area contributed by atoms with E-state index in [9.17, 15) is 0 Å². The molecule has 1 rings (SSSR count). The zero-order valence-corrected chi connectivity index (χ0v) is 15.9. The van der Waals surface area contributed by atoms with Crippen molar-refractivity contribution in [2.24, 2.45) is 0 Å². The summed E-state index contributed by atoms with van der Waals surface area (Å²) in [6, 6.07) is 4.48. The van der Waals surface area contributed by atoms with Gasteiger partial charge in [0.1, 0.15) is 0 Å². The molecule has 0 N–H and O–H groups in total. The van der Waals surface area contributed by atoms with Crippen LogP contribution in [0.15, 0.2) is 12.1 Å². The molecule has 0 saturated heterocycles. The van der Waals surface area contributed by atoms with Crippen LogP contribution in [0.2, 0.25) is 0 Å². The maximum absolute atomic E-state index is 4.85. The fraction of sp³-hybridized carbons (Fsp3) is 0.538. The van der Waals surface area contributed by atoms with Crippen LogP contribution in [0.25, 0.3) is 0 Å². The second-order valence-electron chi connectivity index (χ2n) is 4.41. The minimum absolute atomic E-state index is 0.346. The van der Waals surface area contributed by atoms with Crippen molar-refractivity contribution in [2.45, 2.75) is 27.7 Å². The van der Waals surface area contributed by atoms with Crippen molar-refractivity contribution in [1.82, 2.24) is 0 Å². The molecule has 0 radical (unpaired) electrons. The summed E-state index contributed by atoms with van der Waals surface area (Å²) in [7, 11) is 10.1. The summed E-state index contributed by atoms with van der Waals surface area (Å²) in [4.78, 5) is 0.